The molecule has 0 aliphatic rings. The van der Waals surface area contributed by atoms with Crippen molar-refractivity contribution in [2.24, 2.45) is 0 Å². The molecule has 0 bridgehead atoms. The van der Waals surface area contributed by atoms with Crippen LogP contribution in [-0.2, 0) is 6.54 Å². The first-order valence-electron chi connectivity index (χ1n) is 5.30. The standard InChI is InChI=1S/C13H8ClF4N/c14-8-2-1-3-9(15)7(8)6-19-13-5-11(17)10(16)4-12(13)18/h1-5,19H,6H2. The number of anilines is 1. The molecule has 2 rings (SSSR count). The van der Waals surface area contributed by atoms with Crippen molar-refractivity contribution in [3.05, 3.63) is 64.2 Å². The van der Waals surface area contributed by atoms with Gasteiger partial charge in [0, 0.05) is 29.3 Å². The second-order valence-corrected chi connectivity index (χ2v) is 4.21. The van der Waals surface area contributed by atoms with Crippen molar-refractivity contribution in [1.29, 1.82) is 0 Å². The Morgan fingerprint density at radius 3 is 2.26 bits per heavy atom. The molecule has 0 spiro atoms. The maximum atomic E-state index is 13.4. The highest BCUT2D eigenvalue weighted by Crippen LogP contribution is 2.23. The van der Waals surface area contributed by atoms with Gasteiger partial charge < -0.3 is 5.32 Å². The van der Waals surface area contributed by atoms with E-state index >= 15 is 0 Å². The normalized spacial score (nSPS) is 10.6. The van der Waals surface area contributed by atoms with Crippen LogP contribution in [0.1, 0.15) is 5.56 Å². The van der Waals surface area contributed by atoms with Crippen molar-refractivity contribution in [2.75, 3.05) is 5.32 Å². The lowest BCUT2D eigenvalue weighted by molar-refractivity contribution is 0.496. The molecule has 1 N–H and O–H groups in total. The smallest absolute Gasteiger partial charge is 0.161 e. The van der Waals surface area contributed by atoms with Crippen LogP contribution in [0.25, 0.3) is 0 Å². The van der Waals surface area contributed by atoms with Crippen LogP contribution in [-0.4, -0.2) is 0 Å². The quantitative estimate of drug-likeness (QED) is 0.647. The van der Waals surface area contributed by atoms with E-state index in [1.165, 1.54) is 18.2 Å². The minimum atomic E-state index is -1.29. The van der Waals surface area contributed by atoms with Crippen molar-refractivity contribution >= 4 is 17.3 Å². The number of nitrogens with one attached hydrogen (secondary N) is 1. The van der Waals surface area contributed by atoms with Gasteiger partial charge in [-0.15, -0.1) is 0 Å². The zero-order valence-electron chi connectivity index (χ0n) is 9.48. The number of hydrogen-bond donors (Lipinski definition) is 1. The first-order chi connectivity index (χ1) is 8.99. The van der Waals surface area contributed by atoms with E-state index in [0.29, 0.717) is 12.1 Å². The summed E-state index contributed by atoms with van der Waals surface area (Å²) in [4.78, 5) is 0. The summed E-state index contributed by atoms with van der Waals surface area (Å²) in [6.07, 6.45) is 0. The van der Waals surface area contributed by atoms with Gasteiger partial charge >= 0.3 is 0 Å². The molecule has 6 heteroatoms. The number of hydrogen-bond acceptors (Lipinski definition) is 1. The molecule has 19 heavy (non-hydrogen) atoms. The molecule has 2 aromatic carbocycles. The third kappa shape index (κ3) is 2.98. The zero-order valence-corrected chi connectivity index (χ0v) is 10.2. The Labute approximate surface area is 111 Å². The van der Waals surface area contributed by atoms with Crippen LogP contribution in [0.2, 0.25) is 5.02 Å². The number of halogens is 5. The summed E-state index contributed by atoms with van der Waals surface area (Å²) >= 11 is 5.78. The first kappa shape index (κ1) is 13.7. The average molecular weight is 290 g/mol. The van der Waals surface area contributed by atoms with Gasteiger partial charge in [0.05, 0.1) is 5.69 Å². The SMILES string of the molecule is Fc1cc(F)c(NCc2c(F)cccc2Cl)cc1F. The van der Waals surface area contributed by atoms with E-state index in [1.807, 2.05) is 0 Å². The Kier molecular flexibility index (Phi) is 3.95. The van der Waals surface area contributed by atoms with Crippen LogP contribution < -0.4 is 5.32 Å². The maximum Gasteiger partial charge on any atom is 0.161 e. The molecule has 0 aliphatic heterocycles. The molecule has 0 saturated heterocycles. The van der Waals surface area contributed by atoms with Gasteiger partial charge in [-0.2, -0.15) is 0 Å². The van der Waals surface area contributed by atoms with Gasteiger partial charge in [-0.25, -0.2) is 17.6 Å². The van der Waals surface area contributed by atoms with Crippen LogP contribution in [0, 0.1) is 23.3 Å². The van der Waals surface area contributed by atoms with Crippen LogP contribution in [0.15, 0.2) is 30.3 Å². The van der Waals surface area contributed by atoms with Crippen molar-refractivity contribution < 1.29 is 17.6 Å². The third-order valence-electron chi connectivity index (χ3n) is 2.53. The highest BCUT2D eigenvalue weighted by Gasteiger charge is 2.11. The van der Waals surface area contributed by atoms with E-state index in [4.69, 9.17) is 11.6 Å². The molecule has 2 aromatic rings. The largest absolute Gasteiger partial charge is 0.378 e. The van der Waals surface area contributed by atoms with Crippen LogP contribution in [0.5, 0.6) is 0 Å². The molecule has 0 heterocycles. The monoisotopic (exact) mass is 289 g/mol. The molecule has 0 unspecified atom stereocenters. The Morgan fingerprint density at radius 1 is 0.895 bits per heavy atom. The lowest BCUT2D eigenvalue weighted by atomic mass is 10.2. The van der Waals surface area contributed by atoms with Crippen molar-refractivity contribution in [3.8, 4) is 0 Å². The summed E-state index contributed by atoms with van der Waals surface area (Å²) in [6, 6.07) is 5.19. The fourth-order valence-corrected chi connectivity index (χ4v) is 1.77. The lowest BCUT2D eigenvalue weighted by Gasteiger charge is -2.10. The molecule has 0 amide bonds. The Morgan fingerprint density at radius 2 is 1.58 bits per heavy atom. The zero-order chi connectivity index (χ0) is 14.0. The summed E-state index contributed by atoms with van der Waals surface area (Å²) in [7, 11) is 0. The number of rotatable bonds is 3. The van der Waals surface area contributed by atoms with Crippen molar-refractivity contribution in [2.45, 2.75) is 6.54 Å². The van der Waals surface area contributed by atoms with Crippen molar-refractivity contribution in [3.63, 3.8) is 0 Å². The van der Waals surface area contributed by atoms with E-state index in [-0.39, 0.29) is 22.8 Å². The summed E-state index contributed by atoms with van der Waals surface area (Å²) in [5.41, 5.74) is -0.147. The topological polar surface area (TPSA) is 12.0 Å². The van der Waals surface area contributed by atoms with E-state index in [2.05, 4.69) is 5.32 Å². The summed E-state index contributed by atoms with van der Waals surface area (Å²) in [5, 5.41) is 2.64. The summed E-state index contributed by atoms with van der Waals surface area (Å²) in [5.74, 6) is -4.01. The average Bonchev–Trinajstić information content (AvgIpc) is 2.34. The van der Waals surface area contributed by atoms with E-state index in [0.717, 1.165) is 0 Å². The lowest BCUT2D eigenvalue weighted by Crippen LogP contribution is -2.05. The van der Waals surface area contributed by atoms with Gasteiger partial charge in [0.15, 0.2) is 11.6 Å². The molecule has 0 atom stereocenters. The Bertz CT molecular complexity index is 596. The van der Waals surface area contributed by atoms with Crippen LogP contribution in [0.3, 0.4) is 0 Å². The van der Waals surface area contributed by atoms with Crippen molar-refractivity contribution in [1.82, 2.24) is 0 Å². The molecule has 1 nitrogen and oxygen atoms in total. The fraction of sp³-hybridized carbons (Fsp3) is 0.0769. The van der Waals surface area contributed by atoms with Gasteiger partial charge in [-0.3, -0.25) is 0 Å². The second kappa shape index (κ2) is 5.48. The fourth-order valence-electron chi connectivity index (χ4n) is 1.54. The molecule has 0 fully saturated rings. The van der Waals surface area contributed by atoms with E-state index < -0.39 is 23.3 Å². The summed E-state index contributed by atoms with van der Waals surface area (Å²) < 4.78 is 52.5. The number of benzene rings is 2. The highest BCUT2D eigenvalue weighted by atomic mass is 35.5. The van der Waals surface area contributed by atoms with Gasteiger partial charge in [0.25, 0.3) is 0 Å². The Hall–Kier alpha value is -1.75. The van der Waals surface area contributed by atoms with E-state index in [9.17, 15) is 17.6 Å². The van der Waals surface area contributed by atoms with Gasteiger partial charge in [-0.1, -0.05) is 17.7 Å². The third-order valence-corrected chi connectivity index (χ3v) is 2.88. The molecule has 0 radical (unpaired) electrons. The van der Waals surface area contributed by atoms with Gasteiger partial charge in [0.2, 0.25) is 0 Å². The van der Waals surface area contributed by atoms with Crippen LogP contribution >= 0.6 is 11.6 Å². The molecule has 0 aromatic heterocycles. The predicted molar refractivity (Wildman–Crippen MR) is 65.1 cm³/mol. The summed E-state index contributed by atoms with van der Waals surface area (Å²) in [6.45, 7) is -0.145. The second-order valence-electron chi connectivity index (χ2n) is 3.80. The molecule has 100 valence electrons. The molecular weight excluding hydrogens is 282 g/mol. The molecule has 0 aliphatic carbocycles. The molecular formula is C13H8ClF4N. The first-order valence-corrected chi connectivity index (χ1v) is 5.68. The predicted octanol–water partition coefficient (Wildman–Crippen LogP) is 4.51. The minimum absolute atomic E-state index is 0.119. The van der Waals surface area contributed by atoms with Gasteiger partial charge in [0.1, 0.15) is 11.6 Å². The minimum Gasteiger partial charge on any atom is -0.378 e. The highest BCUT2D eigenvalue weighted by molar-refractivity contribution is 6.31. The molecule has 0 saturated carbocycles. The van der Waals surface area contributed by atoms with Gasteiger partial charge in [-0.05, 0) is 12.1 Å². The maximum absolute atomic E-state index is 13.4. The Balaban J connectivity index is 2.22. The van der Waals surface area contributed by atoms with Crippen LogP contribution in [0.4, 0.5) is 23.2 Å². The van der Waals surface area contributed by atoms with E-state index in [1.54, 1.807) is 0 Å².